The van der Waals surface area contributed by atoms with Gasteiger partial charge in [-0.25, -0.2) is 9.69 Å². The lowest BCUT2D eigenvalue weighted by Crippen LogP contribution is -2.50. The number of ether oxygens (including phenoxy) is 5. The number of fused-ring (bicyclic) bond motifs is 6. The molecule has 22 heteroatoms. The SMILES string of the molecule is COc1cc2c(cc1OCCCOc1cc3c(cc1OC)C(=O)N1CC4(CC4)C[C@H]1C(O)N3C(=O)OCc1ccc(CC(=O)[C@H](C)NC(=O)[C@@H](CC(=O)CNC(=O)CCC(=O)CCC(=O)N3Cc4ccccc4C#Cc4ccccc43)C(C)C)cc1)CC[C@@H]1CC(c3ccc(C)nc3)=CN1C2=O. The summed E-state index contributed by atoms with van der Waals surface area (Å²) in [5.74, 6) is 3.87. The molecular formula is C80H85N7O15. The predicted octanol–water partition coefficient (Wildman–Crippen LogP) is 9.97. The molecule has 6 amide bonds. The quantitative estimate of drug-likeness (QED) is 0.0320. The number of Topliss-reactive ketones (excluding diaryl/α,β-unsaturated/α-hetero) is 3. The number of hydrogen-bond donors (Lipinski definition) is 3. The number of aliphatic hydroxyl groups excluding tert-OH is 1. The Bertz CT molecular complexity index is 4360. The van der Waals surface area contributed by atoms with Crippen LogP contribution in [0.4, 0.5) is 16.2 Å². The minimum atomic E-state index is -1.48. The average molecular weight is 1380 g/mol. The molecule has 0 radical (unpaired) electrons. The van der Waals surface area contributed by atoms with Crippen molar-refractivity contribution in [3.05, 3.63) is 177 Å². The largest absolute Gasteiger partial charge is 0.493 e. The number of methoxy groups -OCH3 is 2. The van der Waals surface area contributed by atoms with E-state index in [0.717, 1.165) is 64.1 Å². The van der Waals surface area contributed by atoms with Crippen LogP contribution >= 0.6 is 0 Å². The van der Waals surface area contributed by atoms with Crippen LogP contribution in [0.2, 0.25) is 0 Å². The van der Waals surface area contributed by atoms with Gasteiger partial charge in [0.25, 0.3) is 11.8 Å². The zero-order valence-corrected chi connectivity index (χ0v) is 58.3. The lowest BCUT2D eigenvalue weighted by Gasteiger charge is -2.31. The summed E-state index contributed by atoms with van der Waals surface area (Å²) in [6, 6.07) is 30.8. The number of rotatable bonds is 27. The van der Waals surface area contributed by atoms with Gasteiger partial charge in [0.05, 0.1) is 69.5 Å². The average Bonchev–Trinajstić information content (AvgIpc) is 1.51. The molecular weight excluding hydrogens is 1300 g/mol. The number of ketones is 3. The highest BCUT2D eigenvalue weighted by Crippen LogP contribution is 2.57. The molecule has 1 saturated heterocycles. The Morgan fingerprint density at radius 3 is 2.14 bits per heavy atom. The summed E-state index contributed by atoms with van der Waals surface area (Å²) in [6.07, 6.45) is 5.54. The standard InChI is InChI=1S/C80H85N7O15/c1-48(2)62(37-61(89)43-82-73(91)28-26-60(88)27-29-74(92)85-44-57-14-8-7-12-53(57)22-23-54-13-9-10-15-65(54)85)75(93)83-50(4)68(90)34-51-17-19-52(20-18-51)46-102-79(97)87-66-40-72(70(99-6)39-64(66)77(95)86-47-80(30-31-80)41-67(86)78(87)96)101-33-11-32-100-71-36-55-24-25-59-35-58(56-21-16-49(3)81-42-56)45-84(59)76(94)63(55)38-69(71)98-5/h7-10,12-21,36,38-40,42,45,48,50,59,62,67,78,96H,11,24-35,37,41,43-44,46-47H2,1-6H3,(H,82,91)(H,83,93)/t50-,59+,62-,67-,78?/m0/s1. The Morgan fingerprint density at radius 1 is 0.735 bits per heavy atom. The molecule has 6 aliphatic rings. The third-order valence-corrected chi connectivity index (χ3v) is 20.3. The van der Waals surface area contributed by atoms with Crippen molar-refractivity contribution >= 4 is 69.9 Å². The van der Waals surface area contributed by atoms with E-state index in [9.17, 15) is 48.3 Å². The summed E-state index contributed by atoms with van der Waals surface area (Å²) < 4.78 is 30.0. The molecule has 1 aromatic heterocycles. The van der Waals surface area contributed by atoms with E-state index in [1.54, 1.807) is 60.9 Å². The molecule has 5 atom stereocenters. The first kappa shape index (κ1) is 71.2. The van der Waals surface area contributed by atoms with E-state index in [-0.39, 0.29) is 134 Å². The van der Waals surface area contributed by atoms with Crippen LogP contribution in [-0.4, -0.2) is 138 Å². The number of anilines is 2. The maximum atomic E-state index is 14.5. The van der Waals surface area contributed by atoms with Crippen LogP contribution in [0.15, 0.2) is 122 Å². The summed E-state index contributed by atoms with van der Waals surface area (Å²) in [5.41, 5.74) is 8.75. The molecule has 1 spiro atoms. The first-order valence-electron chi connectivity index (χ1n) is 35.0. The van der Waals surface area contributed by atoms with Crippen LogP contribution < -0.4 is 39.4 Å². The van der Waals surface area contributed by atoms with E-state index in [1.807, 2.05) is 91.0 Å². The molecule has 22 nitrogen and oxygen atoms in total. The van der Waals surface area contributed by atoms with Crippen molar-refractivity contribution in [1.29, 1.82) is 0 Å². The fourth-order valence-electron chi connectivity index (χ4n) is 14.1. The number of amides is 6. The molecule has 102 heavy (non-hydrogen) atoms. The normalized spacial score (nSPS) is 18.0. The zero-order chi connectivity index (χ0) is 71.9. The highest BCUT2D eigenvalue weighted by Gasteiger charge is 2.58. The molecule has 12 rings (SSSR count). The number of hydrogen-bond acceptors (Lipinski definition) is 16. The first-order chi connectivity index (χ1) is 49.2. The number of benzene rings is 5. The van der Waals surface area contributed by atoms with Gasteiger partial charge in [-0.3, -0.25) is 43.3 Å². The van der Waals surface area contributed by atoms with Crippen LogP contribution in [0.1, 0.15) is 157 Å². The second kappa shape index (κ2) is 31.1. The molecule has 1 aliphatic carbocycles. The smallest absolute Gasteiger partial charge is 0.416 e. The third kappa shape index (κ3) is 16.1. The van der Waals surface area contributed by atoms with Crippen LogP contribution in [0.25, 0.3) is 5.57 Å². The van der Waals surface area contributed by atoms with Gasteiger partial charge in [-0.05, 0) is 140 Å². The summed E-state index contributed by atoms with van der Waals surface area (Å²) in [7, 11) is 2.98. The fourth-order valence-corrected chi connectivity index (χ4v) is 14.1. The topological polar surface area (TPSA) is 270 Å². The van der Waals surface area contributed by atoms with Gasteiger partial charge in [0.15, 0.2) is 40.8 Å². The first-order valence-corrected chi connectivity index (χ1v) is 35.0. The number of aryl methyl sites for hydroxylation is 2. The van der Waals surface area contributed by atoms with Gasteiger partial charge in [0, 0.05) is 104 Å². The van der Waals surface area contributed by atoms with E-state index >= 15 is 0 Å². The highest BCUT2D eigenvalue weighted by molar-refractivity contribution is 6.06. The van der Waals surface area contributed by atoms with E-state index in [2.05, 4.69) is 27.5 Å². The molecule has 530 valence electrons. The zero-order valence-electron chi connectivity index (χ0n) is 58.3. The number of aliphatic hydroxyl groups is 1. The van der Waals surface area contributed by atoms with E-state index < -0.39 is 47.9 Å². The second-order valence-corrected chi connectivity index (χ2v) is 27.7. The molecule has 5 aromatic carbocycles. The highest BCUT2D eigenvalue weighted by atomic mass is 16.6. The van der Waals surface area contributed by atoms with Gasteiger partial charge in [0.2, 0.25) is 17.7 Å². The van der Waals surface area contributed by atoms with Crippen molar-refractivity contribution in [3.8, 4) is 34.8 Å². The Morgan fingerprint density at radius 2 is 1.42 bits per heavy atom. The van der Waals surface area contributed by atoms with Crippen LogP contribution in [0.3, 0.4) is 0 Å². The Hall–Kier alpha value is -10.7. The van der Waals surface area contributed by atoms with Crippen LogP contribution in [0, 0.1) is 36.0 Å². The maximum Gasteiger partial charge on any atom is 0.416 e. The minimum Gasteiger partial charge on any atom is -0.493 e. The third-order valence-electron chi connectivity index (χ3n) is 20.3. The fraction of sp³-hybridized carbons (Fsp3) is 0.400. The Kier molecular flexibility index (Phi) is 21.7. The Balaban J connectivity index is 0.605. The minimum absolute atomic E-state index is 0.0112. The lowest BCUT2D eigenvalue weighted by atomic mass is 9.89. The molecule has 3 N–H and O–H groups in total. The number of aromatic nitrogens is 1. The number of nitrogens with one attached hydrogen (secondary N) is 2. The van der Waals surface area contributed by atoms with Crippen molar-refractivity contribution in [2.75, 3.05) is 50.3 Å². The van der Waals surface area contributed by atoms with Crippen molar-refractivity contribution in [3.63, 3.8) is 0 Å². The van der Waals surface area contributed by atoms with E-state index in [4.69, 9.17) is 23.7 Å². The van der Waals surface area contributed by atoms with E-state index in [1.165, 1.54) is 26.4 Å². The lowest BCUT2D eigenvalue weighted by molar-refractivity contribution is -0.133. The number of para-hydroxylation sites is 1. The molecule has 1 unspecified atom stereocenters. The number of carbonyl (C=O) groups is 9. The van der Waals surface area contributed by atoms with Crippen molar-refractivity contribution in [2.45, 2.75) is 149 Å². The molecule has 0 bridgehead atoms. The van der Waals surface area contributed by atoms with Gasteiger partial charge >= 0.3 is 6.09 Å². The summed E-state index contributed by atoms with van der Waals surface area (Å²) in [5, 5.41) is 17.5. The van der Waals surface area contributed by atoms with Crippen molar-refractivity contribution in [2.24, 2.45) is 17.3 Å². The van der Waals surface area contributed by atoms with Gasteiger partial charge < -0.3 is 54.1 Å². The number of pyridine rings is 1. The molecule has 6 aromatic rings. The summed E-state index contributed by atoms with van der Waals surface area (Å²) in [6.45, 7) is 7.53. The molecule has 2 fully saturated rings. The van der Waals surface area contributed by atoms with Gasteiger partial charge in [-0.15, -0.1) is 0 Å². The number of nitrogens with zero attached hydrogens (tertiary/aromatic N) is 5. The molecule has 1 saturated carbocycles. The Labute approximate surface area is 593 Å². The monoisotopic (exact) mass is 1380 g/mol. The maximum absolute atomic E-state index is 14.5. The van der Waals surface area contributed by atoms with Crippen molar-refractivity contribution in [1.82, 2.24) is 25.4 Å². The van der Waals surface area contributed by atoms with Crippen LogP contribution in [0.5, 0.6) is 23.0 Å². The predicted molar refractivity (Wildman–Crippen MR) is 378 cm³/mol. The molecule has 5 aliphatic heterocycles. The summed E-state index contributed by atoms with van der Waals surface area (Å²) in [4.78, 5) is 134. The summed E-state index contributed by atoms with van der Waals surface area (Å²) >= 11 is 0. The van der Waals surface area contributed by atoms with E-state index in [0.29, 0.717) is 71.8 Å². The van der Waals surface area contributed by atoms with Gasteiger partial charge in [-0.1, -0.05) is 86.4 Å². The second-order valence-electron chi connectivity index (χ2n) is 27.7. The van der Waals surface area contributed by atoms with Gasteiger partial charge in [-0.2, -0.15) is 0 Å². The van der Waals surface area contributed by atoms with Gasteiger partial charge in [0.1, 0.15) is 12.4 Å². The molecule has 6 heterocycles. The number of carbonyl (C=O) groups excluding carboxylic acids is 9. The van der Waals surface area contributed by atoms with Crippen molar-refractivity contribution < 1.29 is 71.9 Å². The van der Waals surface area contributed by atoms with Crippen LogP contribution in [-0.2, 0) is 59.5 Å².